The van der Waals surface area contributed by atoms with Crippen LogP contribution >= 0.6 is 0 Å². The molecule has 0 unspecified atom stereocenters. The van der Waals surface area contributed by atoms with E-state index in [0.29, 0.717) is 42.3 Å². The number of halogens is 2. The van der Waals surface area contributed by atoms with Gasteiger partial charge in [0, 0.05) is 73.8 Å². The Hall–Kier alpha value is -3.79. The molecule has 0 bridgehead atoms. The molecule has 0 spiro atoms. The lowest BCUT2D eigenvalue weighted by Gasteiger charge is -2.34. The van der Waals surface area contributed by atoms with Gasteiger partial charge in [-0.15, -0.1) is 0 Å². The first-order chi connectivity index (χ1) is 18.7. The number of likely N-dealkylation sites (N-methyl/N-ethyl adjacent to an activating group) is 1. The molecule has 40 heavy (non-hydrogen) atoms. The minimum Gasteiger partial charge on any atom is -0.369 e. The second-order valence-electron chi connectivity index (χ2n) is 11.8. The number of carbonyl (C=O) groups is 2. The number of rotatable bonds is 7. The molecule has 4 rings (SSSR count). The van der Waals surface area contributed by atoms with Gasteiger partial charge in [-0.2, -0.15) is 0 Å². The van der Waals surface area contributed by atoms with Crippen LogP contribution in [0, 0.1) is 12.3 Å². The molecule has 1 aliphatic heterocycles. The number of hydrogen-bond acceptors (Lipinski definition) is 6. The molecule has 0 aliphatic carbocycles. The lowest BCUT2D eigenvalue weighted by atomic mass is 9.97. The van der Waals surface area contributed by atoms with Gasteiger partial charge < -0.3 is 25.0 Å². The summed E-state index contributed by atoms with van der Waals surface area (Å²) in [5, 5.41) is 9.72. The number of piperazine rings is 1. The van der Waals surface area contributed by atoms with Crippen LogP contribution in [0.5, 0.6) is 0 Å². The smallest absolute Gasteiger partial charge is 0.289 e. The predicted octanol–water partition coefficient (Wildman–Crippen LogP) is 5.54. The molecule has 3 aromatic rings. The molecule has 8 nitrogen and oxygen atoms in total. The molecule has 0 atom stereocenters. The second-order valence-corrected chi connectivity index (χ2v) is 11.8. The zero-order valence-electron chi connectivity index (χ0n) is 23.9. The van der Waals surface area contributed by atoms with Crippen molar-refractivity contribution in [1.29, 1.82) is 0 Å². The highest BCUT2D eigenvalue weighted by molar-refractivity contribution is 6.05. The molecular formula is C30H37F2N5O3. The molecule has 1 fully saturated rings. The Bertz CT molecular complexity index is 1380. The molecule has 2 heterocycles. The van der Waals surface area contributed by atoms with Gasteiger partial charge in [0.1, 0.15) is 5.69 Å². The molecule has 2 amide bonds. The van der Waals surface area contributed by atoms with Crippen molar-refractivity contribution in [3.8, 4) is 11.3 Å². The molecule has 10 heteroatoms. The van der Waals surface area contributed by atoms with Gasteiger partial charge in [0.2, 0.25) is 5.76 Å². The molecular weight excluding hydrogens is 516 g/mol. The van der Waals surface area contributed by atoms with E-state index in [1.54, 1.807) is 24.3 Å². The quantitative estimate of drug-likeness (QED) is 0.399. The number of amides is 2. The van der Waals surface area contributed by atoms with E-state index in [4.69, 9.17) is 4.52 Å². The first-order valence-corrected chi connectivity index (χ1v) is 13.3. The topological polar surface area (TPSA) is 90.7 Å². The van der Waals surface area contributed by atoms with Crippen LogP contribution in [0.15, 0.2) is 47.0 Å². The fourth-order valence-corrected chi connectivity index (χ4v) is 4.36. The number of nitrogens with zero attached hydrogens (tertiary/aromatic N) is 3. The van der Waals surface area contributed by atoms with Crippen molar-refractivity contribution in [1.82, 2.24) is 15.4 Å². The molecule has 0 radical (unpaired) electrons. The lowest BCUT2D eigenvalue weighted by Crippen LogP contribution is -2.44. The summed E-state index contributed by atoms with van der Waals surface area (Å²) in [7, 11) is 2.02. The van der Waals surface area contributed by atoms with Crippen LogP contribution in [0.1, 0.15) is 59.7 Å². The molecule has 1 saturated heterocycles. The summed E-state index contributed by atoms with van der Waals surface area (Å²) in [5.41, 5.74) is 2.89. The molecule has 0 saturated carbocycles. The van der Waals surface area contributed by atoms with E-state index in [9.17, 15) is 18.4 Å². The maximum Gasteiger partial charge on any atom is 0.289 e. The zero-order chi connectivity index (χ0) is 29.2. The fraction of sp³-hybridized carbons (Fsp3) is 0.433. The number of nitrogens with one attached hydrogen (secondary N) is 2. The van der Waals surface area contributed by atoms with Crippen molar-refractivity contribution in [3.63, 3.8) is 0 Å². The zero-order valence-corrected chi connectivity index (χ0v) is 23.9. The molecule has 1 aromatic heterocycles. The predicted molar refractivity (Wildman–Crippen MR) is 152 cm³/mol. The lowest BCUT2D eigenvalue weighted by molar-refractivity contribution is 0.0174. The highest BCUT2D eigenvalue weighted by Crippen LogP contribution is 2.33. The summed E-state index contributed by atoms with van der Waals surface area (Å²) in [6.45, 7) is 12.2. The number of hydrogen-bond donors (Lipinski definition) is 2. The van der Waals surface area contributed by atoms with Crippen molar-refractivity contribution >= 4 is 23.2 Å². The van der Waals surface area contributed by atoms with Crippen molar-refractivity contribution < 1.29 is 22.9 Å². The third kappa shape index (κ3) is 7.24. The van der Waals surface area contributed by atoms with E-state index >= 15 is 0 Å². The van der Waals surface area contributed by atoms with Gasteiger partial charge in [-0.1, -0.05) is 32.0 Å². The monoisotopic (exact) mass is 553 g/mol. The summed E-state index contributed by atoms with van der Waals surface area (Å²) in [6.07, 6.45) is 0. The van der Waals surface area contributed by atoms with Crippen molar-refractivity contribution in [2.24, 2.45) is 5.41 Å². The van der Waals surface area contributed by atoms with Crippen LogP contribution in [0.2, 0.25) is 0 Å². The Morgan fingerprint density at radius 3 is 2.33 bits per heavy atom. The van der Waals surface area contributed by atoms with Gasteiger partial charge in [0.15, 0.2) is 0 Å². The van der Waals surface area contributed by atoms with E-state index in [1.807, 2.05) is 45.7 Å². The van der Waals surface area contributed by atoms with Crippen LogP contribution in [0.25, 0.3) is 11.3 Å². The third-order valence-electron chi connectivity index (χ3n) is 6.84. The Balaban J connectivity index is 1.56. The van der Waals surface area contributed by atoms with Crippen LogP contribution in [0.3, 0.4) is 0 Å². The number of anilines is 2. The van der Waals surface area contributed by atoms with E-state index in [2.05, 4.69) is 20.7 Å². The van der Waals surface area contributed by atoms with Crippen LogP contribution < -0.4 is 15.5 Å². The van der Waals surface area contributed by atoms with Crippen LogP contribution in [-0.2, 0) is 5.92 Å². The van der Waals surface area contributed by atoms with Gasteiger partial charge >= 0.3 is 0 Å². The third-order valence-corrected chi connectivity index (χ3v) is 6.84. The first-order valence-electron chi connectivity index (χ1n) is 13.3. The summed E-state index contributed by atoms with van der Waals surface area (Å²) >= 11 is 0. The molecule has 2 N–H and O–H groups in total. The standard InChI is InChI=1S/C30H37F2N5O3/c1-19-7-8-22(16-24(19)25-17-26(40-35-25)28(39)33-18-29(2,3)4)34-27(38)20-13-21(30(5,31)32)15-23(14-20)37-11-9-36(6)10-12-37/h7-8,13-17H,9-12,18H2,1-6H3,(H,33,39)(H,34,38). The van der Waals surface area contributed by atoms with Crippen LogP contribution in [-0.4, -0.2) is 61.6 Å². The Labute approximate surface area is 233 Å². The minimum atomic E-state index is -3.10. The van der Waals surface area contributed by atoms with Crippen LogP contribution in [0.4, 0.5) is 20.2 Å². The van der Waals surface area contributed by atoms with Crippen molar-refractivity contribution in [3.05, 3.63) is 64.9 Å². The maximum atomic E-state index is 14.4. The summed E-state index contributed by atoms with van der Waals surface area (Å²) in [5.74, 6) is -3.88. The first kappa shape index (κ1) is 29.2. The number of carbonyl (C=O) groups excluding carboxylic acids is 2. The number of aromatic nitrogens is 1. The van der Waals surface area contributed by atoms with E-state index in [1.165, 1.54) is 12.1 Å². The number of benzene rings is 2. The second kappa shape index (κ2) is 11.4. The van der Waals surface area contributed by atoms with Gasteiger partial charge in [0.25, 0.3) is 17.7 Å². The molecule has 214 valence electrons. The van der Waals surface area contributed by atoms with Gasteiger partial charge in [-0.3, -0.25) is 9.59 Å². The number of aryl methyl sites for hydroxylation is 1. The molecule has 1 aliphatic rings. The Kier molecular flexibility index (Phi) is 8.30. The Morgan fingerprint density at radius 2 is 1.68 bits per heavy atom. The van der Waals surface area contributed by atoms with E-state index in [0.717, 1.165) is 25.6 Å². The highest BCUT2D eigenvalue weighted by atomic mass is 19.3. The van der Waals surface area contributed by atoms with Crippen molar-refractivity contribution in [2.45, 2.75) is 40.5 Å². The van der Waals surface area contributed by atoms with Gasteiger partial charge in [0.05, 0.1) is 0 Å². The molecule has 2 aromatic carbocycles. The number of alkyl halides is 2. The SMILES string of the molecule is Cc1ccc(NC(=O)c2cc(N3CCN(C)CC3)cc(C(C)(F)F)c2)cc1-c1cc(C(=O)NCC(C)(C)C)on1. The fourth-order valence-electron chi connectivity index (χ4n) is 4.36. The maximum absolute atomic E-state index is 14.4. The van der Waals surface area contributed by atoms with E-state index in [-0.39, 0.29) is 28.2 Å². The Morgan fingerprint density at radius 1 is 0.975 bits per heavy atom. The van der Waals surface area contributed by atoms with Crippen molar-refractivity contribution in [2.75, 3.05) is 50.0 Å². The average molecular weight is 554 g/mol. The minimum absolute atomic E-state index is 0.0839. The normalized spacial score (nSPS) is 14.8. The summed E-state index contributed by atoms with van der Waals surface area (Å²) in [4.78, 5) is 30.0. The summed E-state index contributed by atoms with van der Waals surface area (Å²) < 4.78 is 34.0. The summed E-state index contributed by atoms with van der Waals surface area (Å²) in [6, 6.07) is 11.2. The van der Waals surface area contributed by atoms with Gasteiger partial charge in [-0.05, 0) is 55.3 Å². The average Bonchev–Trinajstić information content (AvgIpc) is 3.38. The highest BCUT2D eigenvalue weighted by Gasteiger charge is 2.28. The van der Waals surface area contributed by atoms with Gasteiger partial charge in [-0.25, -0.2) is 8.78 Å². The van der Waals surface area contributed by atoms with E-state index < -0.39 is 11.8 Å². The largest absolute Gasteiger partial charge is 0.369 e.